The third-order valence-electron chi connectivity index (χ3n) is 3.04. The van der Waals surface area contributed by atoms with Gasteiger partial charge in [0.25, 0.3) is 5.91 Å². The molecule has 1 aliphatic heterocycles. The summed E-state index contributed by atoms with van der Waals surface area (Å²) in [5, 5.41) is 4.12. The van der Waals surface area contributed by atoms with E-state index < -0.39 is 0 Å². The second-order valence-corrected chi connectivity index (χ2v) is 4.33. The van der Waals surface area contributed by atoms with Gasteiger partial charge in [0, 0.05) is 24.6 Å². The van der Waals surface area contributed by atoms with Gasteiger partial charge in [-0.2, -0.15) is 5.10 Å². The highest BCUT2D eigenvalue weighted by Crippen LogP contribution is 2.33. The minimum atomic E-state index is -0.0646. The lowest BCUT2D eigenvalue weighted by Crippen LogP contribution is -2.40. The van der Waals surface area contributed by atoms with Crippen molar-refractivity contribution in [2.75, 3.05) is 23.8 Å². The molecule has 0 saturated carbocycles. The lowest BCUT2D eigenvalue weighted by atomic mass is 10.2. The molecule has 1 aromatic carbocycles. The first kappa shape index (κ1) is 11.6. The molecule has 0 fully saturated rings. The van der Waals surface area contributed by atoms with Gasteiger partial charge >= 0.3 is 0 Å². The molecule has 2 aromatic rings. The summed E-state index contributed by atoms with van der Waals surface area (Å²) in [5.41, 5.74) is 7.11. The maximum absolute atomic E-state index is 12.0. The maximum atomic E-state index is 12.0. The van der Waals surface area contributed by atoms with Crippen LogP contribution < -0.4 is 15.4 Å². The van der Waals surface area contributed by atoms with Gasteiger partial charge < -0.3 is 15.4 Å². The number of nitrogens with zero attached hydrogens (tertiary/aromatic N) is 3. The van der Waals surface area contributed by atoms with Crippen LogP contribution in [-0.4, -0.2) is 28.8 Å². The molecule has 0 saturated heterocycles. The van der Waals surface area contributed by atoms with Gasteiger partial charge in [0.05, 0.1) is 12.2 Å². The van der Waals surface area contributed by atoms with Crippen molar-refractivity contribution in [1.29, 1.82) is 0 Å². The molecule has 1 amide bonds. The Bertz CT molecular complexity index is 595. The fourth-order valence-corrected chi connectivity index (χ4v) is 2.10. The van der Waals surface area contributed by atoms with Crippen molar-refractivity contribution in [3.05, 3.63) is 36.7 Å². The van der Waals surface area contributed by atoms with E-state index in [-0.39, 0.29) is 12.5 Å². The monoisotopic (exact) mass is 258 g/mol. The van der Waals surface area contributed by atoms with Crippen LogP contribution in [0.1, 0.15) is 0 Å². The van der Waals surface area contributed by atoms with E-state index >= 15 is 0 Å². The topological polar surface area (TPSA) is 73.4 Å². The van der Waals surface area contributed by atoms with Crippen LogP contribution in [0.3, 0.4) is 0 Å². The molecule has 0 unspecified atom stereocenters. The number of ether oxygens (including phenoxy) is 1. The number of rotatable bonds is 3. The molecular weight excluding hydrogens is 244 g/mol. The van der Waals surface area contributed by atoms with E-state index in [0.29, 0.717) is 24.5 Å². The molecule has 19 heavy (non-hydrogen) atoms. The lowest BCUT2D eigenvalue weighted by molar-refractivity contribution is -0.121. The zero-order chi connectivity index (χ0) is 13.2. The largest absolute Gasteiger partial charge is 0.482 e. The van der Waals surface area contributed by atoms with Crippen LogP contribution in [0.2, 0.25) is 0 Å². The number of fused-ring (bicyclic) bond motifs is 1. The minimum absolute atomic E-state index is 0.0646. The Morgan fingerprint density at radius 1 is 1.37 bits per heavy atom. The summed E-state index contributed by atoms with van der Waals surface area (Å²) in [4.78, 5) is 13.6. The summed E-state index contributed by atoms with van der Waals surface area (Å²) in [6.07, 6.45) is 3.58. The Hall–Kier alpha value is -2.50. The molecule has 0 bridgehead atoms. The highest BCUT2D eigenvalue weighted by molar-refractivity contribution is 5.98. The molecular formula is C13H14N4O2. The zero-order valence-electron chi connectivity index (χ0n) is 10.3. The van der Waals surface area contributed by atoms with Gasteiger partial charge in [-0.15, -0.1) is 0 Å². The normalized spacial score (nSPS) is 14.1. The summed E-state index contributed by atoms with van der Waals surface area (Å²) >= 11 is 0. The maximum Gasteiger partial charge on any atom is 0.265 e. The van der Waals surface area contributed by atoms with Crippen molar-refractivity contribution in [1.82, 2.24) is 9.78 Å². The Morgan fingerprint density at radius 3 is 3.05 bits per heavy atom. The van der Waals surface area contributed by atoms with E-state index in [1.54, 1.807) is 34.0 Å². The van der Waals surface area contributed by atoms with E-state index in [2.05, 4.69) is 5.10 Å². The van der Waals surface area contributed by atoms with Crippen LogP contribution in [0.25, 0.3) is 0 Å². The number of amides is 1. The number of carbonyl (C=O) groups excluding carboxylic acids is 1. The zero-order valence-corrected chi connectivity index (χ0v) is 10.3. The number of aromatic nitrogens is 2. The summed E-state index contributed by atoms with van der Waals surface area (Å²) in [6.45, 7) is 1.24. The first-order chi connectivity index (χ1) is 9.24. The van der Waals surface area contributed by atoms with Gasteiger partial charge in [0.15, 0.2) is 6.61 Å². The van der Waals surface area contributed by atoms with E-state index in [0.717, 1.165) is 5.69 Å². The number of anilines is 2. The Morgan fingerprint density at radius 2 is 2.26 bits per heavy atom. The van der Waals surface area contributed by atoms with Crippen LogP contribution in [0, 0.1) is 0 Å². The third-order valence-corrected chi connectivity index (χ3v) is 3.04. The van der Waals surface area contributed by atoms with E-state index in [4.69, 9.17) is 10.5 Å². The molecule has 3 rings (SSSR count). The lowest BCUT2D eigenvalue weighted by Gasteiger charge is -2.29. The van der Waals surface area contributed by atoms with E-state index in [9.17, 15) is 4.79 Å². The summed E-state index contributed by atoms with van der Waals surface area (Å²) in [6, 6.07) is 7.17. The van der Waals surface area contributed by atoms with Crippen LogP contribution in [0.5, 0.6) is 5.75 Å². The van der Waals surface area contributed by atoms with Crippen LogP contribution >= 0.6 is 0 Å². The van der Waals surface area contributed by atoms with Gasteiger partial charge in [0.1, 0.15) is 5.75 Å². The minimum Gasteiger partial charge on any atom is -0.482 e. The summed E-state index contributed by atoms with van der Waals surface area (Å²) < 4.78 is 7.18. The van der Waals surface area contributed by atoms with Crippen molar-refractivity contribution >= 4 is 17.3 Å². The molecule has 1 aromatic heterocycles. The van der Waals surface area contributed by atoms with Crippen molar-refractivity contribution < 1.29 is 9.53 Å². The second-order valence-electron chi connectivity index (χ2n) is 4.33. The standard InChI is InChI=1S/C13H14N4O2/c14-10-2-3-12-11(8-10)17(13(18)9-19-12)7-6-16-5-1-4-15-16/h1-5,8H,6-7,9,14H2. The molecule has 2 N–H and O–H groups in total. The number of nitrogens with two attached hydrogens (primary N) is 1. The molecule has 0 atom stereocenters. The van der Waals surface area contributed by atoms with E-state index in [1.807, 2.05) is 12.3 Å². The van der Waals surface area contributed by atoms with E-state index in [1.165, 1.54) is 0 Å². The number of hydrogen-bond acceptors (Lipinski definition) is 4. The third kappa shape index (κ3) is 2.24. The number of hydrogen-bond donors (Lipinski definition) is 1. The van der Waals surface area contributed by atoms with Crippen LogP contribution in [0.15, 0.2) is 36.7 Å². The smallest absolute Gasteiger partial charge is 0.265 e. The van der Waals surface area contributed by atoms with Crippen molar-refractivity contribution in [3.63, 3.8) is 0 Å². The molecule has 6 heteroatoms. The molecule has 6 nitrogen and oxygen atoms in total. The number of benzene rings is 1. The molecule has 0 radical (unpaired) electrons. The highest BCUT2D eigenvalue weighted by Gasteiger charge is 2.25. The Labute approximate surface area is 110 Å². The summed E-state index contributed by atoms with van der Waals surface area (Å²) in [5.74, 6) is 0.625. The van der Waals surface area contributed by atoms with Gasteiger partial charge in [-0.3, -0.25) is 9.48 Å². The predicted octanol–water partition coefficient (Wildman–Crippen LogP) is 0.891. The second kappa shape index (κ2) is 4.64. The predicted molar refractivity (Wildman–Crippen MR) is 70.9 cm³/mol. The van der Waals surface area contributed by atoms with Crippen molar-refractivity contribution in [2.24, 2.45) is 0 Å². The summed E-state index contributed by atoms with van der Waals surface area (Å²) in [7, 11) is 0. The molecule has 98 valence electrons. The van der Waals surface area contributed by atoms with Crippen LogP contribution in [0.4, 0.5) is 11.4 Å². The van der Waals surface area contributed by atoms with Gasteiger partial charge in [-0.05, 0) is 24.3 Å². The Balaban J connectivity index is 1.84. The van der Waals surface area contributed by atoms with Crippen LogP contribution in [-0.2, 0) is 11.3 Å². The highest BCUT2D eigenvalue weighted by atomic mass is 16.5. The van der Waals surface area contributed by atoms with Crippen molar-refractivity contribution in [3.8, 4) is 5.75 Å². The Kier molecular flexibility index (Phi) is 2.83. The van der Waals surface area contributed by atoms with Crippen molar-refractivity contribution in [2.45, 2.75) is 6.54 Å². The molecule has 0 spiro atoms. The van der Waals surface area contributed by atoms with Gasteiger partial charge in [-0.1, -0.05) is 0 Å². The SMILES string of the molecule is Nc1ccc2c(c1)N(CCn1cccn1)C(=O)CO2. The number of nitrogen functional groups attached to an aromatic ring is 1. The quantitative estimate of drug-likeness (QED) is 0.830. The fraction of sp³-hybridized carbons (Fsp3) is 0.231. The molecule has 2 heterocycles. The fourth-order valence-electron chi connectivity index (χ4n) is 2.10. The average molecular weight is 258 g/mol. The van der Waals surface area contributed by atoms with Gasteiger partial charge in [-0.25, -0.2) is 0 Å². The first-order valence-electron chi connectivity index (χ1n) is 6.04. The average Bonchev–Trinajstić information content (AvgIpc) is 2.91. The number of carbonyl (C=O) groups is 1. The first-order valence-corrected chi connectivity index (χ1v) is 6.04. The molecule has 0 aliphatic carbocycles. The van der Waals surface area contributed by atoms with Gasteiger partial charge in [0.2, 0.25) is 0 Å². The molecule has 1 aliphatic rings.